The van der Waals surface area contributed by atoms with Crippen molar-refractivity contribution >= 4 is 77.0 Å². The number of aliphatic carboxylic acids is 1. The van der Waals surface area contributed by atoms with E-state index in [4.69, 9.17) is 21.9 Å². The fourth-order valence-electron chi connectivity index (χ4n) is 5.99. The molecule has 360 valence electrons. The first-order chi connectivity index (χ1) is 30.9. The summed E-state index contributed by atoms with van der Waals surface area (Å²) in [7, 11) is 0. The van der Waals surface area contributed by atoms with Crippen LogP contribution in [0, 0.1) is 0 Å². The van der Waals surface area contributed by atoms with E-state index < -0.39 is 115 Å². The fraction of sp³-hybridized carbons (Fsp3) is 0.564. The van der Waals surface area contributed by atoms with Crippen molar-refractivity contribution in [2.75, 3.05) is 44.4 Å². The van der Waals surface area contributed by atoms with Crippen molar-refractivity contribution < 1.29 is 62.9 Å². The molecule has 0 aromatic heterocycles. The molecule has 0 bridgehead atoms. The number of ether oxygens (including phenoxy) is 1. The maximum atomic E-state index is 13.6. The van der Waals surface area contributed by atoms with E-state index in [1.54, 1.807) is 30.3 Å². The number of aliphatic hydroxyl groups excluding tert-OH is 1. The van der Waals surface area contributed by atoms with Crippen LogP contribution < -0.4 is 59.7 Å². The zero-order valence-electron chi connectivity index (χ0n) is 35.9. The molecule has 1 fully saturated rings. The van der Waals surface area contributed by atoms with E-state index in [1.807, 2.05) is 0 Å². The number of carbonyl (C=O) groups excluding carboxylic acids is 9. The summed E-state index contributed by atoms with van der Waals surface area (Å²) in [5.74, 6) is -8.63. The number of aliphatic hydroxyl groups is 1. The lowest BCUT2D eigenvalue weighted by Gasteiger charge is -2.25. The number of nitrogens with zero attached hydrogens (tertiary/aromatic N) is 1. The minimum Gasteiger partial charge on any atom is -0.481 e. The molecule has 65 heavy (non-hydrogen) atoms. The molecule has 1 aromatic carbocycles. The summed E-state index contributed by atoms with van der Waals surface area (Å²) in [6.45, 7) is -0.476. The second-order valence-electron chi connectivity index (χ2n) is 14.6. The number of rotatable bonds is 11. The average molecular weight is 937 g/mol. The third-order valence-corrected chi connectivity index (χ3v) is 10.4. The van der Waals surface area contributed by atoms with Gasteiger partial charge in [0.1, 0.15) is 36.3 Å². The minimum absolute atomic E-state index is 0.0122. The number of benzene rings is 1. The third kappa shape index (κ3) is 22.5. The molecule has 0 unspecified atom stereocenters. The van der Waals surface area contributed by atoms with Gasteiger partial charge in [-0.2, -0.15) is 11.8 Å². The van der Waals surface area contributed by atoms with E-state index >= 15 is 0 Å². The van der Waals surface area contributed by atoms with Gasteiger partial charge in [0, 0.05) is 32.2 Å². The largest absolute Gasteiger partial charge is 0.481 e. The Bertz CT molecular complexity index is 1840. The van der Waals surface area contributed by atoms with Gasteiger partial charge < -0.3 is 74.7 Å². The van der Waals surface area contributed by atoms with Crippen molar-refractivity contribution in [2.45, 2.75) is 94.5 Å². The molecular formula is C39H60N12O13S. The number of thioether (sulfide) groups is 1. The van der Waals surface area contributed by atoms with Crippen molar-refractivity contribution in [1.29, 1.82) is 0 Å². The fourth-order valence-corrected chi connectivity index (χ4v) is 6.95. The zero-order valence-corrected chi connectivity index (χ0v) is 36.7. The Kier molecular flexibility index (Phi) is 24.8. The Morgan fingerprint density at radius 2 is 1.48 bits per heavy atom. The zero-order chi connectivity index (χ0) is 48.3. The van der Waals surface area contributed by atoms with E-state index in [-0.39, 0.29) is 57.1 Å². The second-order valence-corrected chi connectivity index (χ2v) is 15.8. The van der Waals surface area contributed by atoms with Gasteiger partial charge in [-0.1, -0.05) is 30.3 Å². The van der Waals surface area contributed by atoms with Gasteiger partial charge >= 0.3 is 12.1 Å². The smallest absolute Gasteiger partial charge is 0.407 e. The monoisotopic (exact) mass is 936 g/mol. The van der Waals surface area contributed by atoms with E-state index in [0.29, 0.717) is 30.6 Å². The number of primary amides is 1. The lowest BCUT2D eigenvalue weighted by atomic mass is 10.0. The molecule has 1 aliphatic heterocycles. The lowest BCUT2D eigenvalue weighted by molar-refractivity contribution is -0.141. The van der Waals surface area contributed by atoms with Crippen molar-refractivity contribution in [3.05, 3.63) is 35.9 Å². The Morgan fingerprint density at radius 3 is 2.12 bits per heavy atom. The molecule has 1 heterocycles. The summed E-state index contributed by atoms with van der Waals surface area (Å²) in [5, 5.41) is 38.9. The Morgan fingerprint density at radius 1 is 0.815 bits per heavy atom. The first-order valence-corrected chi connectivity index (χ1v) is 21.8. The first-order valence-electron chi connectivity index (χ1n) is 20.6. The molecule has 1 aromatic rings. The number of nitrogens with two attached hydrogens (primary N) is 3. The van der Waals surface area contributed by atoms with E-state index in [1.165, 1.54) is 18.7 Å². The van der Waals surface area contributed by atoms with E-state index in [0.717, 1.165) is 0 Å². The van der Waals surface area contributed by atoms with Gasteiger partial charge in [-0.3, -0.25) is 48.1 Å². The second kappa shape index (κ2) is 29.6. The van der Waals surface area contributed by atoms with Crippen LogP contribution in [-0.4, -0.2) is 156 Å². The van der Waals surface area contributed by atoms with Crippen molar-refractivity contribution in [3.63, 3.8) is 0 Å². The number of carboxylic acids is 1. The van der Waals surface area contributed by atoms with Crippen LogP contribution in [0.4, 0.5) is 4.79 Å². The molecule has 0 spiro atoms. The van der Waals surface area contributed by atoms with Crippen LogP contribution in [0.3, 0.4) is 0 Å². The molecule has 1 aliphatic rings. The molecule has 2 rings (SSSR count). The summed E-state index contributed by atoms with van der Waals surface area (Å²) in [6, 6.07) is -0.287. The van der Waals surface area contributed by atoms with Gasteiger partial charge in [-0.05, 0) is 49.8 Å². The molecule has 1 saturated heterocycles. The van der Waals surface area contributed by atoms with Gasteiger partial charge in [-0.25, -0.2) is 4.79 Å². The maximum Gasteiger partial charge on any atom is 0.407 e. The highest BCUT2D eigenvalue weighted by atomic mass is 32.2. The lowest BCUT2D eigenvalue weighted by Crippen LogP contribution is -2.60. The molecule has 0 radical (unpaired) electrons. The quantitative estimate of drug-likeness (QED) is 0.0563. The molecule has 26 heteroatoms. The third-order valence-electron chi connectivity index (χ3n) is 9.26. The topological polar surface area (TPSA) is 407 Å². The van der Waals surface area contributed by atoms with Crippen molar-refractivity contribution in [3.8, 4) is 0 Å². The van der Waals surface area contributed by atoms with Crippen LogP contribution in [-0.2, 0) is 54.3 Å². The Hall–Kier alpha value is -6.70. The summed E-state index contributed by atoms with van der Waals surface area (Å²) in [4.78, 5) is 133. The number of alkyl carbamates (subject to hydrolysis) is 1. The highest BCUT2D eigenvalue weighted by Crippen LogP contribution is 2.10. The molecular weight excluding hydrogens is 877 g/mol. The molecule has 9 amide bonds. The van der Waals surface area contributed by atoms with Crippen molar-refractivity contribution in [1.82, 2.24) is 42.5 Å². The van der Waals surface area contributed by atoms with Gasteiger partial charge in [-0.15, -0.1) is 0 Å². The number of hydrogen-bond acceptors (Lipinski definition) is 14. The van der Waals surface area contributed by atoms with Crippen LogP contribution in [0.15, 0.2) is 35.3 Å². The number of nitrogens with one attached hydrogen (secondary N) is 8. The van der Waals surface area contributed by atoms with Crippen LogP contribution in [0.1, 0.15) is 57.4 Å². The van der Waals surface area contributed by atoms with Gasteiger partial charge in [0.15, 0.2) is 5.96 Å². The molecule has 0 aliphatic carbocycles. The van der Waals surface area contributed by atoms with Crippen LogP contribution in [0.2, 0.25) is 0 Å². The number of guanidine groups is 1. The Balaban J connectivity index is 2.40. The summed E-state index contributed by atoms with van der Waals surface area (Å²) < 4.78 is 5.20. The normalized spacial score (nSPS) is 23.4. The SMILES string of the molecule is CC(=O)N[C@H]1CSCCCOC(=O)NCCCC[C@@H](C(N)=O)NC(=O)[C@H](Cc2ccccc2)NC(=O)[C@H](CO)NC(=O)[C@H](CC(=O)O)NC(=O)CNC(=O)[C@H](CCCN=C(N)N)NC1=O. The minimum atomic E-state index is -1.85. The Labute approximate surface area is 378 Å². The van der Waals surface area contributed by atoms with Gasteiger partial charge in [0.25, 0.3) is 0 Å². The summed E-state index contributed by atoms with van der Waals surface area (Å²) in [5.41, 5.74) is 16.9. The first kappa shape index (κ1) is 54.4. The van der Waals surface area contributed by atoms with Gasteiger partial charge in [0.2, 0.25) is 47.3 Å². The van der Waals surface area contributed by atoms with Crippen LogP contribution in [0.5, 0.6) is 0 Å². The predicted molar refractivity (Wildman–Crippen MR) is 234 cm³/mol. The molecule has 0 saturated carbocycles. The maximum absolute atomic E-state index is 13.6. The average Bonchev–Trinajstić information content (AvgIpc) is 3.24. The summed E-state index contributed by atoms with van der Waals surface area (Å²) in [6.07, 6.45) is -0.659. The van der Waals surface area contributed by atoms with E-state index in [2.05, 4.69) is 47.5 Å². The van der Waals surface area contributed by atoms with Crippen molar-refractivity contribution in [2.24, 2.45) is 22.2 Å². The number of cyclic esters (lactones) is 1. The molecule has 6 atom stereocenters. The molecule has 16 N–H and O–H groups in total. The number of carboxylic acid groups (broad SMARTS) is 1. The van der Waals surface area contributed by atoms with Crippen LogP contribution in [0.25, 0.3) is 0 Å². The highest BCUT2D eigenvalue weighted by Gasteiger charge is 2.32. The summed E-state index contributed by atoms with van der Waals surface area (Å²) >= 11 is 1.25. The number of aliphatic imine (C=N–C) groups is 1. The highest BCUT2D eigenvalue weighted by molar-refractivity contribution is 7.99. The number of hydrogen-bond donors (Lipinski definition) is 13. The standard InChI is InChI=1S/C39H60N12O13S/c1-22(53)46-29-21-65-16-8-15-64-39(63)44-13-6-5-11-24(32(40)57)48-34(59)26(17-23-9-3-2-4-10-23)50-36(61)28(20-52)51-35(60)27(18-31(55)56)47-30(54)19-45-33(58)25(49-37(29)62)12-7-14-43-38(41)42/h2-4,9-10,24-29,52H,5-8,11-21H2,1H3,(H2,40,57)(H,44,63)(H,45,58)(H,46,53)(H,47,54)(H,48,59)(H,49,62)(H,50,61)(H,51,60)(H,55,56)(H4,41,42,43)/t24-,25-,26-,27-,28-,29-/m0/s1. The van der Waals surface area contributed by atoms with Gasteiger partial charge in [0.05, 0.1) is 26.2 Å². The van der Waals surface area contributed by atoms with Crippen LogP contribution >= 0.6 is 11.8 Å². The number of carbonyl (C=O) groups is 10. The predicted octanol–water partition coefficient (Wildman–Crippen LogP) is -4.69. The number of amides is 9. The van der Waals surface area contributed by atoms with E-state index in [9.17, 15) is 58.2 Å². The molecule has 25 nitrogen and oxygen atoms in total.